The minimum absolute atomic E-state index is 0.133. The lowest BCUT2D eigenvalue weighted by molar-refractivity contribution is 0.593. The lowest BCUT2D eigenvalue weighted by atomic mass is 10.1. The molecule has 0 spiro atoms. The summed E-state index contributed by atoms with van der Waals surface area (Å²) in [6, 6.07) is 13.8. The van der Waals surface area contributed by atoms with Crippen molar-refractivity contribution < 1.29 is 8.42 Å². The first-order valence-corrected chi connectivity index (χ1v) is 8.65. The van der Waals surface area contributed by atoms with E-state index in [1.165, 1.54) is 12.1 Å². The van der Waals surface area contributed by atoms with Crippen LogP contribution >= 0.6 is 11.6 Å². The van der Waals surface area contributed by atoms with Crippen molar-refractivity contribution in [1.29, 1.82) is 0 Å². The van der Waals surface area contributed by atoms with Crippen LogP contribution in [0.1, 0.15) is 17.0 Å². The zero-order valence-electron chi connectivity index (χ0n) is 11.5. The molecule has 1 saturated carbocycles. The predicted octanol–water partition coefficient (Wildman–Crippen LogP) is 2.92. The highest BCUT2D eigenvalue weighted by Gasteiger charge is 2.57. The minimum atomic E-state index is -3.42. The molecule has 2 aromatic carbocycles. The average Bonchev–Trinajstić information content (AvgIpc) is 3.12. The van der Waals surface area contributed by atoms with Crippen LogP contribution in [0.2, 0.25) is 5.02 Å². The number of sulfone groups is 1. The summed E-state index contributed by atoms with van der Waals surface area (Å²) in [6.07, 6.45) is 0. The molecule has 1 fully saturated rings. The van der Waals surface area contributed by atoms with Crippen molar-refractivity contribution in [2.24, 2.45) is 5.73 Å². The number of nitrogens with two attached hydrogens (primary N) is 1. The van der Waals surface area contributed by atoms with Crippen molar-refractivity contribution in [3.05, 3.63) is 64.7 Å². The standard InChI is InChI=1S/C16H16ClNO2S/c1-10-2-4-11(5-3-10)14-15(18)16(14)21(19,20)13-8-6-12(17)7-9-13/h2-9,14-16H,18H2,1H3/t14-,15-,16-/m1/s1. The molecular formula is C16H16ClNO2S. The molecule has 2 N–H and O–H groups in total. The fourth-order valence-electron chi connectivity index (χ4n) is 2.69. The van der Waals surface area contributed by atoms with Crippen LogP contribution in [0.5, 0.6) is 0 Å². The molecule has 0 radical (unpaired) electrons. The number of halogens is 1. The third-order valence-electron chi connectivity index (χ3n) is 3.97. The molecular weight excluding hydrogens is 306 g/mol. The van der Waals surface area contributed by atoms with Gasteiger partial charge < -0.3 is 5.73 Å². The molecule has 1 aliphatic carbocycles. The molecule has 3 nitrogen and oxygen atoms in total. The smallest absolute Gasteiger partial charge is 0.183 e. The second-order valence-electron chi connectivity index (χ2n) is 5.48. The van der Waals surface area contributed by atoms with Crippen LogP contribution in [-0.2, 0) is 9.84 Å². The van der Waals surface area contributed by atoms with Crippen LogP contribution < -0.4 is 5.73 Å². The first kappa shape index (κ1) is 14.6. The van der Waals surface area contributed by atoms with Crippen LogP contribution in [0.4, 0.5) is 0 Å². The van der Waals surface area contributed by atoms with Gasteiger partial charge in [-0.15, -0.1) is 0 Å². The summed E-state index contributed by atoms with van der Waals surface area (Å²) < 4.78 is 25.3. The maximum absolute atomic E-state index is 12.6. The Labute approximate surface area is 129 Å². The van der Waals surface area contributed by atoms with Crippen molar-refractivity contribution in [2.45, 2.75) is 29.0 Å². The molecule has 0 aliphatic heterocycles. The third-order valence-corrected chi connectivity index (χ3v) is 6.48. The van der Waals surface area contributed by atoms with Crippen LogP contribution in [0.25, 0.3) is 0 Å². The average molecular weight is 322 g/mol. The van der Waals surface area contributed by atoms with E-state index in [9.17, 15) is 8.42 Å². The van der Waals surface area contributed by atoms with Gasteiger partial charge in [0.1, 0.15) is 0 Å². The van der Waals surface area contributed by atoms with E-state index >= 15 is 0 Å². The normalized spacial score (nSPS) is 24.8. The molecule has 3 rings (SSSR count). The van der Waals surface area contributed by atoms with Crippen molar-refractivity contribution >= 4 is 21.4 Å². The Bertz CT molecular complexity index is 754. The zero-order valence-corrected chi connectivity index (χ0v) is 13.1. The predicted molar refractivity (Wildman–Crippen MR) is 84.3 cm³/mol. The van der Waals surface area contributed by atoms with Crippen molar-refractivity contribution in [1.82, 2.24) is 0 Å². The van der Waals surface area contributed by atoms with E-state index < -0.39 is 15.1 Å². The van der Waals surface area contributed by atoms with Gasteiger partial charge in [0.15, 0.2) is 9.84 Å². The van der Waals surface area contributed by atoms with Gasteiger partial charge in [-0.3, -0.25) is 0 Å². The highest BCUT2D eigenvalue weighted by molar-refractivity contribution is 7.92. The molecule has 0 heterocycles. The topological polar surface area (TPSA) is 60.2 Å². The fraction of sp³-hybridized carbons (Fsp3) is 0.250. The first-order valence-electron chi connectivity index (χ1n) is 6.73. The molecule has 21 heavy (non-hydrogen) atoms. The Morgan fingerprint density at radius 1 is 1.00 bits per heavy atom. The summed E-state index contributed by atoms with van der Waals surface area (Å²) in [6.45, 7) is 2.00. The van der Waals surface area contributed by atoms with E-state index in [4.69, 9.17) is 17.3 Å². The van der Waals surface area contributed by atoms with Gasteiger partial charge in [0, 0.05) is 17.0 Å². The van der Waals surface area contributed by atoms with E-state index in [1.54, 1.807) is 12.1 Å². The molecule has 3 atom stereocenters. The molecule has 1 aliphatic rings. The molecule has 5 heteroatoms. The highest BCUT2D eigenvalue weighted by Crippen LogP contribution is 2.47. The number of hydrogen-bond donors (Lipinski definition) is 1. The second-order valence-corrected chi connectivity index (χ2v) is 8.02. The maximum Gasteiger partial charge on any atom is 0.183 e. The van der Waals surface area contributed by atoms with Gasteiger partial charge in [-0.2, -0.15) is 0 Å². The minimum Gasteiger partial charge on any atom is -0.326 e. The molecule has 2 aromatic rings. The van der Waals surface area contributed by atoms with E-state index in [0.717, 1.165) is 11.1 Å². The number of aryl methyl sites for hydroxylation is 1. The van der Waals surface area contributed by atoms with Gasteiger partial charge in [-0.25, -0.2) is 8.42 Å². The van der Waals surface area contributed by atoms with Crippen LogP contribution in [0.3, 0.4) is 0 Å². The summed E-state index contributed by atoms with van der Waals surface area (Å²) in [5, 5.41) is -0.0366. The number of hydrogen-bond acceptors (Lipinski definition) is 3. The number of benzene rings is 2. The molecule has 0 bridgehead atoms. The summed E-state index contributed by atoms with van der Waals surface area (Å²) >= 11 is 5.81. The molecule has 0 unspecified atom stereocenters. The summed E-state index contributed by atoms with van der Waals surface area (Å²) in [5.74, 6) is -0.133. The zero-order chi connectivity index (χ0) is 15.2. The first-order chi connectivity index (χ1) is 9.91. The van der Waals surface area contributed by atoms with Gasteiger partial charge >= 0.3 is 0 Å². The maximum atomic E-state index is 12.6. The summed E-state index contributed by atoms with van der Waals surface area (Å²) in [5.41, 5.74) is 8.15. The van der Waals surface area contributed by atoms with Crippen LogP contribution in [0.15, 0.2) is 53.4 Å². The van der Waals surface area contributed by atoms with Crippen molar-refractivity contribution in [2.75, 3.05) is 0 Å². The fourth-order valence-corrected chi connectivity index (χ4v) is 4.86. The summed E-state index contributed by atoms with van der Waals surface area (Å²) in [7, 11) is -3.42. The van der Waals surface area contributed by atoms with Crippen LogP contribution in [-0.4, -0.2) is 19.7 Å². The number of rotatable bonds is 3. The molecule has 110 valence electrons. The highest BCUT2D eigenvalue weighted by atomic mass is 35.5. The Morgan fingerprint density at radius 3 is 2.14 bits per heavy atom. The molecule has 0 saturated heterocycles. The van der Waals surface area contributed by atoms with Crippen LogP contribution in [0, 0.1) is 6.92 Å². The van der Waals surface area contributed by atoms with Crippen molar-refractivity contribution in [3.63, 3.8) is 0 Å². The van der Waals surface area contributed by atoms with Gasteiger partial charge in [-0.05, 0) is 36.8 Å². The van der Waals surface area contributed by atoms with Gasteiger partial charge in [0.2, 0.25) is 0 Å². The largest absolute Gasteiger partial charge is 0.326 e. The monoisotopic (exact) mass is 321 g/mol. The Morgan fingerprint density at radius 2 is 1.57 bits per heavy atom. The Kier molecular flexibility index (Phi) is 3.56. The van der Waals surface area contributed by atoms with E-state index in [0.29, 0.717) is 5.02 Å². The Balaban J connectivity index is 1.91. The Hall–Kier alpha value is -1.36. The lowest BCUT2D eigenvalue weighted by Gasteiger charge is -2.04. The van der Waals surface area contributed by atoms with Gasteiger partial charge in [0.25, 0.3) is 0 Å². The molecule has 0 amide bonds. The quantitative estimate of drug-likeness (QED) is 0.945. The van der Waals surface area contributed by atoms with Gasteiger partial charge in [-0.1, -0.05) is 41.4 Å². The third kappa shape index (κ3) is 2.59. The van der Waals surface area contributed by atoms with Crippen molar-refractivity contribution in [3.8, 4) is 0 Å². The SMILES string of the molecule is Cc1ccc([C@@H]2[C@@H](N)[C@@H]2S(=O)(=O)c2ccc(Cl)cc2)cc1. The second kappa shape index (κ2) is 5.13. The van der Waals surface area contributed by atoms with Gasteiger partial charge in [0.05, 0.1) is 10.1 Å². The van der Waals surface area contributed by atoms with E-state index in [1.807, 2.05) is 31.2 Å². The molecule has 0 aromatic heterocycles. The summed E-state index contributed by atoms with van der Waals surface area (Å²) in [4.78, 5) is 0.280. The lowest BCUT2D eigenvalue weighted by Crippen LogP contribution is -2.15. The van der Waals surface area contributed by atoms with E-state index in [-0.39, 0.29) is 16.9 Å². The van der Waals surface area contributed by atoms with E-state index in [2.05, 4.69) is 0 Å².